The molecule has 1 aromatic rings. The van der Waals surface area contributed by atoms with Crippen LogP contribution in [0, 0.1) is 6.92 Å². The molecule has 0 aromatic heterocycles. The van der Waals surface area contributed by atoms with Gasteiger partial charge in [-0.25, -0.2) is 4.79 Å². The number of carbonyl (C=O) groups is 1. The lowest BCUT2D eigenvalue weighted by Gasteiger charge is -2.31. The molecule has 0 atom stereocenters. The SMILES string of the molecule is Cc1cccc(C(C)C)c1N1CC=C(C(=O)O)CC1. The van der Waals surface area contributed by atoms with Crippen molar-refractivity contribution < 1.29 is 9.90 Å². The van der Waals surface area contributed by atoms with Crippen LogP contribution in [0.3, 0.4) is 0 Å². The summed E-state index contributed by atoms with van der Waals surface area (Å²) >= 11 is 0. The van der Waals surface area contributed by atoms with Crippen molar-refractivity contribution in [1.82, 2.24) is 0 Å². The first-order chi connectivity index (χ1) is 9.00. The third-order valence-corrected chi connectivity index (χ3v) is 3.69. The molecule has 1 heterocycles. The highest BCUT2D eigenvalue weighted by molar-refractivity contribution is 5.87. The molecule has 3 heteroatoms. The van der Waals surface area contributed by atoms with Gasteiger partial charge in [-0.1, -0.05) is 38.1 Å². The van der Waals surface area contributed by atoms with Gasteiger partial charge in [0.2, 0.25) is 0 Å². The van der Waals surface area contributed by atoms with Gasteiger partial charge < -0.3 is 10.0 Å². The first-order valence-electron chi connectivity index (χ1n) is 6.77. The third kappa shape index (κ3) is 2.80. The average Bonchev–Trinajstić information content (AvgIpc) is 2.38. The van der Waals surface area contributed by atoms with Crippen molar-refractivity contribution in [3.63, 3.8) is 0 Å². The number of hydrogen-bond donors (Lipinski definition) is 1. The van der Waals surface area contributed by atoms with Gasteiger partial charge in [-0.05, 0) is 30.4 Å². The lowest BCUT2D eigenvalue weighted by Crippen LogP contribution is -2.31. The van der Waals surface area contributed by atoms with Crippen LogP contribution >= 0.6 is 0 Å². The van der Waals surface area contributed by atoms with Crippen LogP contribution in [0.4, 0.5) is 5.69 Å². The maximum Gasteiger partial charge on any atom is 0.331 e. The van der Waals surface area contributed by atoms with Gasteiger partial charge in [0.1, 0.15) is 0 Å². The van der Waals surface area contributed by atoms with Crippen LogP contribution in [0.25, 0.3) is 0 Å². The van der Waals surface area contributed by atoms with Crippen molar-refractivity contribution in [3.8, 4) is 0 Å². The van der Waals surface area contributed by atoms with E-state index in [1.54, 1.807) is 0 Å². The van der Waals surface area contributed by atoms with E-state index < -0.39 is 5.97 Å². The number of benzene rings is 1. The molecule has 0 radical (unpaired) electrons. The Labute approximate surface area is 114 Å². The van der Waals surface area contributed by atoms with Crippen molar-refractivity contribution in [2.45, 2.75) is 33.1 Å². The fourth-order valence-electron chi connectivity index (χ4n) is 2.65. The van der Waals surface area contributed by atoms with Gasteiger partial charge in [-0.2, -0.15) is 0 Å². The topological polar surface area (TPSA) is 40.5 Å². The Hall–Kier alpha value is -1.77. The number of aryl methyl sites for hydroxylation is 1. The summed E-state index contributed by atoms with van der Waals surface area (Å²) in [6.45, 7) is 7.98. The Balaban J connectivity index is 2.32. The molecule has 0 aliphatic carbocycles. The number of carboxylic acid groups (broad SMARTS) is 1. The third-order valence-electron chi connectivity index (χ3n) is 3.69. The summed E-state index contributed by atoms with van der Waals surface area (Å²) in [6, 6.07) is 6.39. The summed E-state index contributed by atoms with van der Waals surface area (Å²) in [4.78, 5) is 13.2. The number of nitrogens with zero attached hydrogens (tertiary/aromatic N) is 1. The molecule has 0 fully saturated rings. The molecule has 0 bridgehead atoms. The molecule has 1 aromatic carbocycles. The van der Waals surface area contributed by atoms with Crippen LogP contribution in [0.5, 0.6) is 0 Å². The zero-order valence-corrected chi connectivity index (χ0v) is 11.8. The van der Waals surface area contributed by atoms with Crippen LogP contribution in [-0.2, 0) is 4.79 Å². The lowest BCUT2D eigenvalue weighted by molar-refractivity contribution is -0.132. The molecular formula is C16H21NO2. The van der Waals surface area contributed by atoms with Crippen LogP contribution < -0.4 is 4.90 Å². The van der Waals surface area contributed by atoms with Gasteiger partial charge in [-0.15, -0.1) is 0 Å². The van der Waals surface area contributed by atoms with E-state index in [1.807, 2.05) is 6.08 Å². The maximum absolute atomic E-state index is 11.0. The van der Waals surface area contributed by atoms with E-state index in [2.05, 4.69) is 43.9 Å². The van der Waals surface area contributed by atoms with Crippen molar-refractivity contribution >= 4 is 11.7 Å². The lowest BCUT2D eigenvalue weighted by atomic mass is 9.96. The van der Waals surface area contributed by atoms with E-state index in [0.29, 0.717) is 24.5 Å². The first kappa shape index (κ1) is 13.7. The van der Waals surface area contributed by atoms with Crippen molar-refractivity contribution in [3.05, 3.63) is 41.0 Å². The predicted molar refractivity (Wildman–Crippen MR) is 77.8 cm³/mol. The highest BCUT2D eigenvalue weighted by Gasteiger charge is 2.20. The van der Waals surface area contributed by atoms with Crippen LogP contribution in [0.2, 0.25) is 0 Å². The second kappa shape index (κ2) is 5.47. The summed E-state index contributed by atoms with van der Waals surface area (Å²) in [7, 11) is 0. The summed E-state index contributed by atoms with van der Waals surface area (Å²) in [5, 5.41) is 9.01. The van der Waals surface area contributed by atoms with Crippen molar-refractivity contribution in [2.75, 3.05) is 18.0 Å². The van der Waals surface area contributed by atoms with Gasteiger partial charge in [0, 0.05) is 24.4 Å². The van der Waals surface area contributed by atoms with Gasteiger partial charge in [0.15, 0.2) is 0 Å². The summed E-state index contributed by atoms with van der Waals surface area (Å²) in [6.07, 6.45) is 2.45. The normalized spacial score (nSPS) is 15.6. The molecule has 0 unspecified atom stereocenters. The smallest absolute Gasteiger partial charge is 0.331 e. The maximum atomic E-state index is 11.0. The second-order valence-electron chi connectivity index (χ2n) is 5.40. The van der Waals surface area contributed by atoms with E-state index >= 15 is 0 Å². The first-order valence-corrected chi connectivity index (χ1v) is 6.77. The van der Waals surface area contributed by atoms with Gasteiger partial charge in [-0.3, -0.25) is 0 Å². The van der Waals surface area contributed by atoms with Gasteiger partial charge >= 0.3 is 5.97 Å². The molecule has 19 heavy (non-hydrogen) atoms. The predicted octanol–water partition coefficient (Wildman–Crippen LogP) is 3.34. The molecule has 0 amide bonds. The van der Waals surface area contributed by atoms with E-state index in [4.69, 9.17) is 5.11 Å². The molecule has 0 saturated heterocycles. The van der Waals surface area contributed by atoms with E-state index in [1.165, 1.54) is 16.8 Å². The molecule has 2 rings (SSSR count). The Morgan fingerprint density at radius 2 is 2.11 bits per heavy atom. The zero-order valence-electron chi connectivity index (χ0n) is 11.8. The zero-order chi connectivity index (χ0) is 14.0. The largest absolute Gasteiger partial charge is 0.478 e. The van der Waals surface area contributed by atoms with Gasteiger partial charge in [0.25, 0.3) is 0 Å². The van der Waals surface area contributed by atoms with Crippen molar-refractivity contribution in [2.24, 2.45) is 0 Å². The Kier molecular flexibility index (Phi) is 3.93. The quantitative estimate of drug-likeness (QED) is 0.905. The molecule has 0 saturated carbocycles. The van der Waals surface area contributed by atoms with Gasteiger partial charge in [0.05, 0.1) is 0 Å². The highest BCUT2D eigenvalue weighted by Crippen LogP contribution is 2.32. The molecule has 1 N–H and O–H groups in total. The standard InChI is InChI=1S/C16H21NO2/c1-11(2)14-6-4-5-12(3)15(14)17-9-7-13(8-10-17)16(18)19/h4-7,11H,8-10H2,1-3H3,(H,18,19). The number of para-hydroxylation sites is 1. The molecule has 0 spiro atoms. The highest BCUT2D eigenvalue weighted by atomic mass is 16.4. The molecule has 1 aliphatic heterocycles. The van der Waals surface area contributed by atoms with Crippen molar-refractivity contribution in [1.29, 1.82) is 0 Å². The summed E-state index contributed by atoms with van der Waals surface area (Å²) in [5.41, 5.74) is 4.42. The number of hydrogen-bond acceptors (Lipinski definition) is 2. The Morgan fingerprint density at radius 3 is 2.63 bits per heavy atom. The van der Waals surface area contributed by atoms with Crippen LogP contribution in [-0.4, -0.2) is 24.2 Å². The molecular weight excluding hydrogens is 238 g/mol. The van der Waals surface area contributed by atoms with Crippen LogP contribution in [0.1, 0.15) is 37.3 Å². The number of carboxylic acids is 1. The minimum Gasteiger partial charge on any atom is -0.478 e. The molecule has 1 aliphatic rings. The summed E-state index contributed by atoms with van der Waals surface area (Å²) < 4.78 is 0. The second-order valence-corrected chi connectivity index (χ2v) is 5.40. The number of rotatable bonds is 3. The van der Waals surface area contributed by atoms with E-state index in [9.17, 15) is 4.79 Å². The number of aliphatic carboxylic acids is 1. The minimum atomic E-state index is -0.784. The Morgan fingerprint density at radius 1 is 1.37 bits per heavy atom. The fourth-order valence-corrected chi connectivity index (χ4v) is 2.65. The van der Waals surface area contributed by atoms with E-state index in [0.717, 1.165) is 6.54 Å². The molecule has 102 valence electrons. The Bertz CT molecular complexity index is 517. The fraction of sp³-hybridized carbons (Fsp3) is 0.438. The van der Waals surface area contributed by atoms with E-state index in [-0.39, 0.29) is 0 Å². The van der Waals surface area contributed by atoms with Crippen LogP contribution in [0.15, 0.2) is 29.8 Å². The summed E-state index contributed by atoms with van der Waals surface area (Å²) in [5.74, 6) is -0.312. The minimum absolute atomic E-state index is 0.472. The monoisotopic (exact) mass is 259 g/mol. The number of anilines is 1. The average molecular weight is 259 g/mol. The molecule has 3 nitrogen and oxygen atoms in total.